The first kappa shape index (κ1) is 15.1. The van der Waals surface area contributed by atoms with Gasteiger partial charge in [0.1, 0.15) is 0 Å². The van der Waals surface area contributed by atoms with Gasteiger partial charge in [0.05, 0.1) is 5.56 Å². The van der Waals surface area contributed by atoms with Crippen LogP contribution in [0, 0.1) is 13.8 Å². The standard InChI is InChI=1S/C20H22O/c1-4-5-19(17-10-6-15(2)7-11-17)14-20(21)18-12-8-16(3)9-13-18/h5-14,21H,4H2,1-3H3/p+1/b19-5+,20-14-. The maximum Gasteiger partial charge on any atom is 0.261 e. The van der Waals surface area contributed by atoms with Crippen molar-refractivity contribution in [3.8, 4) is 0 Å². The van der Waals surface area contributed by atoms with Crippen LogP contribution in [0.2, 0.25) is 0 Å². The summed E-state index contributed by atoms with van der Waals surface area (Å²) in [6.45, 7) is 6.27. The van der Waals surface area contributed by atoms with Crippen LogP contribution in [0.4, 0.5) is 0 Å². The third-order valence-corrected chi connectivity index (χ3v) is 3.47. The van der Waals surface area contributed by atoms with Crippen molar-refractivity contribution in [2.45, 2.75) is 27.2 Å². The molecule has 0 atom stereocenters. The van der Waals surface area contributed by atoms with Gasteiger partial charge in [0, 0.05) is 6.08 Å². The minimum Gasteiger partial charge on any atom is -0.593 e. The highest BCUT2D eigenvalue weighted by atomic mass is 16.3. The SMILES string of the molecule is CC/C=C(\C=C(/[OH2+])c1ccc(C)cc1)c1ccc(C)cc1. The first-order valence-electron chi connectivity index (χ1n) is 7.37. The lowest BCUT2D eigenvalue weighted by Crippen LogP contribution is -1.87. The van der Waals surface area contributed by atoms with Gasteiger partial charge >= 0.3 is 0 Å². The second-order valence-corrected chi connectivity index (χ2v) is 5.36. The summed E-state index contributed by atoms with van der Waals surface area (Å²) in [5.41, 5.74) is 5.70. The van der Waals surface area contributed by atoms with E-state index in [1.165, 1.54) is 16.7 Å². The average Bonchev–Trinajstić information content (AvgIpc) is 2.48. The van der Waals surface area contributed by atoms with E-state index in [0.29, 0.717) is 5.76 Å². The molecule has 2 rings (SSSR count). The van der Waals surface area contributed by atoms with E-state index in [1.807, 2.05) is 30.3 Å². The molecule has 0 amide bonds. The zero-order valence-electron chi connectivity index (χ0n) is 13.0. The smallest absolute Gasteiger partial charge is 0.261 e. The van der Waals surface area contributed by atoms with Gasteiger partial charge in [0.15, 0.2) is 0 Å². The van der Waals surface area contributed by atoms with E-state index >= 15 is 0 Å². The number of benzene rings is 2. The summed E-state index contributed by atoms with van der Waals surface area (Å²) in [5, 5.41) is 8.30. The molecular weight excluding hydrogens is 256 g/mol. The maximum atomic E-state index is 8.30. The average molecular weight is 279 g/mol. The highest BCUT2D eigenvalue weighted by molar-refractivity contribution is 5.81. The minimum absolute atomic E-state index is 0.551. The van der Waals surface area contributed by atoms with Crippen molar-refractivity contribution in [2.24, 2.45) is 0 Å². The van der Waals surface area contributed by atoms with E-state index < -0.39 is 0 Å². The fraction of sp³-hybridized carbons (Fsp3) is 0.200. The van der Waals surface area contributed by atoms with E-state index in [2.05, 4.69) is 51.1 Å². The first-order chi connectivity index (χ1) is 10.1. The Balaban J connectivity index is 2.35. The normalized spacial score (nSPS) is 12.5. The van der Waals surface area contributed by atoms with Gasteiger partial charge in [-0.1, -0.05) is 60.5 Å². The van der Waals surface area contributed by atoms with Crippen LogP contribution in [0.15, 0.2) is 60.7 Å². The Morgan fingerprint density at radius 3 is 1.81 bits per heavy atom. The van der Waals surface area contributed by atoms with E-state index in [0.717, 1.165) is 17.6 Å². The molecule has 0 aliphatic rings. The van der Waals surface area contributed by atoms with Gasteiger partial charge in [-0.15, -0.1) is 0 Å². The van der Waals surface area contributed by atoms with Crippen molar-refractivity contribution in [2.75, 3.05) is 0 Å². The molecule has 0 aliphatic carbocycles. The van der Waals surface area contributed by atoms with Crippen molar-refractivity contribution in [1.29, 1.82) is 0 Å². The number of hydrogen-bond acceptors (Lipinski definition) is 0. The molecular formula is C20H23O+. The van der Waals surface area contributed by atoms with Crippen LogP contribution in [0.3, 0.4) is 0 Å². The largest absolute Gasteiger partial charge is 0.593 e. The Kier molecular flexibility index (Phi) is 4.99. The summed E-state index contributed by atoms with van der Waals surface area (Å²) in [5.74, 6) is 0.551. The van der Waals surface area contributed by atoms with Crippen LogP contribution in [-0.2, 0) is 0 Å². The molecule has 0 saturated heterocycles. The molecule has 21 heavy (non-hydrogen) atoms. The molecule has 2 N–H and O–H groups in total. The van der Waals surface area contributed by atoms with Crippen molar-refractivity contribution in [1.82, 2.24) is 0 Å². The van der Waals surface area contributed by atoms with E-state index in [9.17, 15) is 0 Å². The predicted octanol–water partition coefficient (Wildman–Crippen LogP) is 4.86. The Morgan fingerprint density at radius 2 is 1.33 bits per heavy atom. The molecule has 108 valence electrons. The Bertz CT molecular complexity index is 643. The molecule has 0 bridgehead atoms. The second-order valence-electron chi connectivity index (χ2n) is 5.36. The summed E-state index contributed by atoms with van der Waals surface area (Å²) in [7, 11) is 0. The van der Waals surface area contributed by atoms with Gasteiger partial charge in [-0.05, 0) is 43.5 Å². The molecule has 0 heterocycles. The molecule has 0 fully saturated rings. The predicted molar refractivity (Wildman–Crippen MR) is 92.2 cm³/mol. The Hall–Kier alpha value is -2.28. The quantitative estimate of drug-likeness (QED) is 0.433. The third kappa shape index (κ3) is 4.09. The number of allylic oxidation sites excluding steroid dienone is 3. The molecule has 2 aromatic carbocycles. The fourth-order valence-electron chi connectivity index (χ4n) is 2.20. The van der Waals surface area contributed by atoms with Crippen LogP contribution in [0.1, 0.15) is 35.6 Å². The first-order valence-corrected chi connectivity index (χ1v) is 7.37. The number of rotatable bonds is 4. The lowest BCUT2D eigenvalue weighted by molar-refractivity contribution is 0.512. The molecule has 0 saturated carbocycles. The third-order valence-electron chi connectivity index (χ3n) is 3.47. The highest BCUT2D eigenvalue weighted by Crippen LogP contribution is 2.22. The molecule has 0 aliphatic heterocycles. The molecule has 2 aromatic rings. The van der Waals surface area contributed by atoms with Crippen LogP contribution in [0.25, 0.3) is 11.3 Å². The summed E-state index contributed by atoms with van der Waals surface area (Å²) in [6.07, 6.45) is 5.09. The fourth-order valence-corrected chi connectivity index (χ4v) is 2.20. The summed E-state index contributed by atoms with van der Waals surface area (Å²) < 4.78 is 0. The van der Waals surface area contributed by atoms with Crippen LogP contribution in [0.5, 0.6) is 0 Å². The molecule has 1 nitrogen and oxygen atoms in total. The summed E-state index contributed by atoms with van der Waals surface area (Å²) >= 11 is 0. The van der Waals surface area contributed by atoms with Crippen LogP contribution in [-0.4, -0.2) is 5.11 Å². The maximum absolute atomic E-state index is 8.30. The number of hydrogen-bond donors (Lipinski definition) is 0. The van der Waals surface area contributed by atoms with Crippen molar-refractivity contribution in [3.05, 3.63) is 82.9 Å². The van der Waals surface area contributed by atoms with Gasteiger partial charge < -0.3 is 5.11 Å². The highest BCUT2D eigenvalue weighted by Gasteiger charge is 2.07. The molecule has 0 unspecified atom stereocenters. The number of aryl methyl sites for hydroxylation is 2. The van der Waals surface area contributed by atoms with Gasteiger partial charge in [0.25, 0.3) is 5.76 Å². The minimum atomic E-state index is 0.551. The Morgan fingerprint density at radius 1 is 0.857 bits per heavy atom. The van der Waals surface area contributed by atoms with Crippen LogP contribution >= 0.6 is 0 Å². The van der Waals surface area contributed by atoms with Crippen LogP contribution < -0.4 is 0 Å². The van der Waals surface area contributed by atoms with E-state index in [4.69, 9.17) is 5.11 Å². The van der Waals surface area contributed by atoms with E-state index in [1.54, 1.807) is 0 Å². The van der Waals surface area contributed by atoms with Crippen molar-refractivity contribution < 1.29 is 5.11 Å². The van der Waals surface area contributed by atoms with Gasteiger partial charge in [-0.3, -0.25) is 0 Å². The monoisotopic (exact) mass is 279 g/mol. The molecule has 0 radical (unpaired) electrons. The van der Waals surface area contributed by atoms with Gasteiger partial charge in [0.2, 0.25) is 0 Å². The summed E-state index contributed by atoms with van der Waals surface area (Å²) in [4.78, 5) is 0. The Labute approximate surface area is 127 Å². The molecule has 0 spiro atoms. The lowest BCUT2D eigenvalue weighted by atomic mass is 10.0. The second kappa shape index (κ2) is 6.94. The molecule has 1 heteroatoms. The van der Waals surface area contributed by atoms with Gasteiger partial charge in [-0.2, -0.15) is 0 Å². The van der Waals surface area contributed by atoms with Gasteiger partial charge in [-0.25, -0.2) is 0 Å². The zero-order chi connectivity index (χ0) is 15.2. The molecule has 0 aromatic heterocycles. The summed E-state index contributed by atoms with van der Waals surface area (Å²) in [6, 6.07) is 16.6. The topological polar surface area (TPSA) is 22.9 Å². The zero-order valence-corrected chi connectivity index (χ0v) is 13.0. The van der Waals surface area contributed by atoms with Crippen molar-refractivity contribution in [3.63, 3.8) is 0 Å². The van der Waals surface area contributed by atoms with Crippen molar-refractivity contribution >= 4 is 11.3 Å². The lowest BCUT2D eigenvalue weighted by Gasteiger charge is -2.04. The van der Waals surface area contributed by atoms with E-state index in [-0.39, 0.29) is 0 Å².